The summed E-state index contributed by atoms with van der Waals surface area (Å²) in [6.45, 7) is 7.24. The third-order valence-electron chi connectivity index (χ3n) is 6.38. The number of amides is 1. The Hall–Kier alpha value is -1.50. The summed E-state index contributed by atoms with van der Waals surface area (Å²) < 4.78 is 5.55. The molecule has 3 saturated heterocycles. The van der Waals surface area contributed by atoms with Crippen molar-refractivity contribution >= 4 is 5.91 Å². The highest BCUT2D eigenvalue weighted by Gasteiger charge is 2.40. The molecule has 0 saturated carbocycles. The molecule has 1 amide bonds. The molecule has 142 valence electrons. The monoisotopic (exact) mass is 358 g/mol. The van der Waals surface area contributed by atoms with Crippen molar-refractivity contribution in [3.8, 4) is 0 Å². The number of likely N-dealkylation sites (tertiary alicyclic amines) is 1. The molecule has 1 aromatic heterocycles. The Kier molecular flexibility index (Phi) is 5.52. The first-order valence-corrected chi connectivity index (χ1v) is 9.96. The molecule has 0 radical (unpaired) electrons. The van der Waals surface area contributed by atoms with Gasteiger partial charge in [-0.25, -0.2) is 0 Å². The van der Waals surface area contributed by atoms with E-state index >= 15 is 0 Å². The number of piperidine rings is 2. The summed E-state index contributed by atoms with van der Waals surface area (Å²) in [5.41, 5.74) is 1.58. The van der Waals surface area contributed by atoms with Gasteiger partial charge in [0.25, 0.3) is 0 Å². The van der Waals surface area contributed by atoms with E-state index < -0.39 is 0 Å². The average molecular weight is 358 g/mol. The quantitative estimate of drug-likeness (QED) is 0.883. The lowest BCUT2D eigenvalue weighted by Crippen LogP contribution is -2.53. The molecular weight excluding hydrogens is 328 g/mol. The smallest absolute Gasteiger partial charge is 0.222 e. The van der Waals surface area contributed by atoms with Gasteiger partial charge in [0.15, 0.2) is 0 Å². The second-order valence-corrected chi connectivity index (χ2v) is 7.97. The number of rotatable bonds is 4. The van der Waals surface area contributed by atoms with Crippen molar-refractivity contribution in [1.29, 1.82) is 0 Å². The van der Waals surface area contributed by atoms with E-state index in [9.17, 15) is 4.79 Å². The van der Waals surface area contributed by atoms with Gasteiger partial charge in [-0.1, -0.05) is 0 Å². The molecule has 1 atom stereocenters. The van der Waals surface area contributed by atoms with E-state index in [2.05, 4.69) is 32.2 Å². The fourth-order valence-corrected chi connectivity index (χ4v) is 4.75. The lowest BCUT2D eigenvalue weighted by molar-refractivity contribution is -0.140. The zero-order chi connectivity index (χ0) is 17.8. The van der Waals surface area contributed by atoms with E-state index in [0.717, 1.165) is 58.9 Å². The van der Waals surface area contributed by atoms with Gasteiger partial charge in [-0.3, -0.25) is 14.7 Å². The van der Waals surface area contributed by atoms with Gasteiger partial charge >= 0.3 is 0 Å². The van der Waals surface area contributed by atoms with Crippen molar-refractivity contribution in [1.82, 2.24) is 20.1 Å². The van der Waals surface area contributed by atoms with Crippen LogP contribution < -0.4 is 5.32 Å². The van der Waals surface area contributed by atoms with Gasteiger partial charge in [0.05, 0.1) is 19.3 Å². The molecule has 0 unspecified atom stereocenters. The Morgan fingerprint density at radius 2 is 1.88 bits per heavy atom. The minimum Gasteiger partial charge on any atom is -0.379 e. The number of nitrogens with one attached hydrogen (secondary N) is 1. The molecular formula is C20H30N4O2. The van der Waals surface area contributed by atoms with Gasteiger partial charge in [0.1, 0.15) is 0 Å². The minimum atomic E-state index is 0.225. The molecule has 0 bridgehead atoms. The van der Waals surface area contributed by atoms with E-state index in [1.807, 2.05) is 12.4 Å². The van der Waals surface area contributed by atoms with Crippen molar-refractivity contribution in [3.63, 3.8) is 0 Å². The van der Waals surface area contributed by atoms with Gasteiger partial charge in [-0.2, -0.15) is 0 Å². The van der Waals surface area contributed by atoms with E-state index in [-0.39, 0.29) is 6.04 Å². The van der Waals surface area contributed by atoms with Crippen LogP contribution in [0.5, 0.6) is 0 Å². The number of hydrogen-bond acceptors (Lipinski definition) is 5. The van der Waals surface area contributed by atoms with Crippen LogP contribution in [0.3, 0.4) is 0 Å². The molecule has 6 nitrogen and oxygen atoms in total. The molecule has 1 N–H and O–H groups in total. The normalized spacial score (nSPS) is 25.4. The van der Waals surface area contributed by atoms with Crippen molar-refractivity contribution < 1.29 is 9.53 Å². The summed E-state index contributed by atoms with van der Waals surface area (Å²) in [4.78, 5) is 21.5. The second kappa shape index (κ2) is 8.03. The third-order valence-corrected chi connectivity index (χ3v) is 6.38. The molecule has 1 spiro atoms. The molecule has 0 aliphatic carbocycles. The topological polar surface area (TPSA) is 57.7 Å². The first-order valence-electron chi connectivity index (χ1n) is 9.96. The summed E-state index contributed by atoms with van der Waals surface area (Å²) >= 11 is 0. The zero-order valence-electron chi connectivity index (χ0n) is 15.5. The number of pyridine rings is 1. The molecule has 1 aromatic rings. The summed E-state index contributed by atoms with van der Waals surface area (Å²) in [5.74, 6) is 0.321. The maximum atomic E-state index is 12.7. The largest absolute Gasteiger partial charge is 0.379 e. The number of nitrogens with zero attached hydrogens (tertiary/aromatic N) is 3. The average Bonchev–Trinajstić information content (AvgIpc) is 2.71. The Morgan fingerprint density at radius 3 is 2.62 bits per heavy atom. The number of morpholine rings is 1. The van der Waals surface area contributed by atoms with Crippen LogP contribution >= 0.6 is 0 Å². The van der Waals surface area contributed by atoms with Gasteiger partial charge in [-0.15, -0.1) is 0 Å². The third kappa shape index (κ3) is 3.92. The lowest BCUT2D eigenvalue weighted by atomic mass is 9.72. The van der Waals surface area contributed by atoms with Crippen molar-refractivity contribution in [3.05, 3.63) is 30.1 Å². The SMILES string of the molecule is O=C1CCC2(CCNCC2)CN1C[C@@H](c1ccncc1)N1CCOCC1. The van der Waals surface area contributed by atoms with Crippen LogP contribution in [0.2, 0.25) is 0 Å². The maximum Gasteiger partial charge on any atom is 0.222 e. The summed E-state index contributed by atoms with van der Waals surface area (Å²) in [6, 6.07) is 4.41. The van der Waals surface area contributed by atoms with Crippen LogP contribution in [0.1, 0.15) is 37.3 Å². The Bertz CT molecular complexity index is 597. The van der Waals surface area contributed by atoms with E-state index in [1.54, 1.807) is 0 Å². The molecule has 3 aliphatic heterocycles. The van der Waals surface area contributed by atoms with Gasteiger partial charge < -0.3 is 15.0 Å². The molecule has 3 fully saturated rings. The highest BCUT2D eigenvalue weighted by Crippen LogP contribution is 2.39. The van der Waals surface area contributed by atoms with Crippen LogP contribution in [0.15, 0.2) is 24.5 Å². The van der Waals surface area contributed by atoms with Crippen molar-refractivity contribution in [2.75, 3.05) is 52.5 Å². The predicted molar refractivity (Wildman–Crippen MR) is 99.7 cm³/mol. The zero-order valence-corrected chi connectivity index (χ0v) is 15.5. The summed E-state index contributed by atoms with van der Waals surface area (Å²) in [5, 5.41) is 3.47. The summed E-state index contributed by atoms with van der Waals surface area (Å²) in [7, 11) is 0. The van der Waals surface area contributed by atoms with Crippen molar-refractivity contribution in [2.24, 2.45) is 5.41 Å². The number of carbonyl (C=O) groups excluding carboxylic acids is 1. The number of ether oxygens (including phenoxy) is 1. The highest BCUT2D eigenvalue weighted by atomic mass is 16.5. The van der Waals surface area contributed by atoms with E-state index in [4.69, 9.17) is 4.74 Å². The molecule has 4 heterocycles. The highest BCUT2D eigenvalue weighted by molar-refractivity contribution is 5.77. The molecule has 26 heavy (non-hydrogen) atoms. The Balaban J connectivity index is 1.52. The fraction of sp³-hybridized carbons (Fsp3) is 0.700. The Morgan fingerprint density at radius 1 is 1.15 bits per heavy atom. The molecule has 3 aliphatic rings. The molecule has 6 heteroatoms. The van der Waals surface area contributed by atoms with Crippen LogP contribution in [-0.2, 0) is 9.53 Å². The minimum absolute atomic E-state index is 0.225. The van der Waals surface area contributed by atoms with Crippen LogP contribution in [0.4, 0.5) is 0 Å². The van der Waals surface area contributed by atoms with Crippen LogP contribution in [0.25, 0.3) is 0 Å². The molecule has 0 aromatic carbocycles. The van der Waals surface area contributed by atoms with Gasteiger partial charge in [0, 0.05) is 45.0 Å². The van der Waals surface area contributed by atoms with Gasteiger partial charge in [0.2, 0.25) is 5.91 Å². The van der Waals surface area contributed by atoms with Crippen LogP contribution in [-0.4, -0.2) is 73.2 Å². The van der Waals surface area contributed by atoms with E-state index in [0.29, 0.717) is 17.7 Å². The Labute approximate surface area is 155 Å². The number of hydrogen-bond donors (Lipinski definition) is 1. The van der Waals surface area contributed by atoms with E-state index in [1.165, 1.54) is 18.4 Å². The van der Waals surface area contributed by atoms with Crippen LogP contribution in [0, 0.1) is 5.41 Å². The predicted octanol–water partition coefficient (Wildman–Crippen LogP) is 1.45. The number of aromatic nitrogens is 1. The standard InChI is InChI=1S/C20H30N4O2/c25-19-1-4-20(5-9-22-10-6-20)16-24(19)15-18(17-2-7-21-8-3-17)23-11-13-26-14-12-23/h2-3,7-8,18,22H,1,4-6,9-16H2/t18-/m0/s1. The second-order valence-electron chi connectivity index (χ2n) is 7.97. The fourth-order valence-electron chi connectivity index (χ4n) is 4.75. The lowest BCUT2D eigenvalue weighted by Gasteiger charge is -2.47. The first kappa shape index (κ1) is 17.9. The van der Waals surface area contributed by atoms with Gasteiger partial charge in [-0.05, 0) is 55.5 Å². The maximum absolute atomic E-state index is 12.7. The first-order chi connectivity index (χ1) is 12.8. The molecule has 4 rings (SSSR count). The number of carbonyl (C=O) groups is 1. The summed E-state index contributed by atoms with van der Waals surface area (Å²) in [6.07, 6.45) is 7.85. The van der Waals surface area contributed by atoms with Crippen molar-refractivity contribution in [2.45, 2.75) is 31.7 Å².